The summed E-state index contributed by atoms with van der Waals surface area (Å²) < 4.78 is 4.55. The van der Waals surface area contributed by atoms with Crippen LogP contribution < -0.4 is 0 Å². The van der Waals surface area contributed by atoms with Gasteiger partial charge in [-0.1, -0.05) is 63.1 Å². The zero-order valence-electron chi connectivity index (χ0n) is 17.6. The Bertz CT molecular complexity index is 1200. The first kappa shape index (κ1) is 18.9. The summed E-state index contributed by atoms with van der Waals surface area (Å²) in [6, 6.07) is 16.0. The van der Waals surface area contributed by atoms with Crippen molar-refractivity contribution in [2.45, 2.75) is 52.6 Å². The first-order valence-electron chi connectivity index (χ1n) is 11.0. The molecule has 0 unspecified atom stereocenters. The van der Waals surface area contributed by atoms with Gasteiger partial charge in [-0.3, -0.25) is 9.59 Å². The van der Waals surface area contributed by atoms with E-state index in [0.717, 1.165) is 72.0 Å². The predicted octanol–water partition coefficient (Wildman–Crippen LogP) is 6.24. The average molecular weight is 399 g/mol. The zero-order chi connectivity index (χ0) is 20.8. The molecule has 0 fully saturated rings. The van der Waals surface area contributed by atoms with Crippen molar-refractivity contribution in [3.8, 4) is 11.4 Å². The highest BCUT2D eigenvalue weighted by Gasteiger charge is 2.39. The van der Waals surface area contributed by atoms with E-state index in [1.54, 1.807) is 0 Å². The zero-order valence-corrected chi connectivity index (χ0v) is 17.6. The van der Waals surface area contributed by atoms with E-state index in [9.17, 15) is 9.59 Å². The lowest BCUT2D eigenvalue weighted by Crippen LogP contribution is -2.22. The Labute approximate surface area is 176 Å². The van der Waals surface area contributed by atoms with Gasteiger partial charge in [0.25, 0.3) is 0 Å². The van der Waals surface area contributed by atoms with E-state index in [0.29, 0.717) is 11.1 Å². The summed E-state index contributed by atoms with van der Waals surface area (Å²) in [5.41, 5.74) is 5.10. The summed E-state index contributed by atoms with van der Waals surface area (Å²) in [5, 5.41) is 1.78. The molecule has 30 heavy (non-hydrogen) atoms. The van der Waals surface area contributed by atoms with Crippen LogP contribution in [0.4, 0.5) is 0 Å². The third-order valence-electron chi connectivity index (χ3n) is 6.30. The van der Waals surface area contributed by atoms with Crippen LogP contribution in [0.2, 0.25) is 0 Å². The molecule has 0 amide bonds. The van der Waals surface area contributed by atoms with E-state index in [2.05, 4.69) is 35.1 Å². The van der Waals surface area contributed by atoms with Crippen LogP contribution in [0.5, 0.6) is 0 Å². The largest absolute Gasteiger partial charge is 0.339 e. The highest BCUT2D eigenvalue weighted by molar-refractivity contribution is 6.56. The topological polar surface area (TPSA) is 44.0 Å². The van der Waals surface area contributed by atoms with E-state index >= 15 is 0 Å². The number of aromatic nitrogens is 2. The molecule has 0 bridgehead atoms. The third kappa shape index (κ3) is 2.53. The van der Waals surface area contributed by atoms with Crippen molar-refractivity contribution >= 4 is 33.4 Å². The molecular formula is C26H26N2O2. The Balaban J connectivity index is 1.94. The van der Waals surface area contributed by atoms with Gasteiger partial charge in [0.1, 0.15) is 0 Å². The van der Waals surface area contributed by atoms with Crippen LogP contribution in [0, 0.1) is 0 Å². The van der Waals surface area contributed by atoms with Crippen molar-refractivity contribution in [2.75, 3.05) is 0 Å². The molecule has 2 heterocycles. The Kier molecular flexibility index (Phi) is 4.58. The highest BCUT2D eigenvalue weighted by Crippen LogP contribution is 2.44. The van der Waals surface area contributed by atoms with Crippen molar-refractivity contribution in [3.63, 3.8) is 0 Å². The number of hydrogen-bond acceptors (Lipinski definition) is 2. The fourth-order valence-electron chi connectivity index (χ4n) is 4.88. The van der Waals surface area contributed by atoms with Crippen molar-refractivity contribution in [1.82, 2.24) is 9.13 Å². The van der Waals surface area contributed by atoms with Crippen LogP contribution in [0.25, 0.3) is 33.2 Å². The van der Waals surface area contributed by atoms with Gasteiger partial charge in [-0.25, -0.2) is 0 Å². The van der Waals surface area contributed by atoms with Gasteiger partial charge in [-0.15, -0.1) is 0 Å². The highest BCUT2D eigenvalue weighted by atomic mass is 16.2. The fraction of sp³-hybridized carbons (Fsp3) is 0.308. The molecule has 0 saturated heterocycles. The molecule has 4 nitrogen and oxygen atoms in total. The Hall–Kier alpha value is -3.14. The average Bonchev–Trinajstić information content (AvgIpc) is 3.27. The molecule has 2 aromatic carbocycles. The van der Waals surface area contributed by atoms with Gasteiger partial charge in [0.15, 0.2) is 0 Å². The minimum atomic E-state index is -0.373. The molecule has 4 aromatic rings. The number of carbonyl (C=O) groups excluding carboxylic acids is 2. The minimum Gasteiger partial charge on any atom is -0.339 e. The summed E-state index contributed by atoms with van der Waals surface area (Å²) in [7, 11) is 0. The number of rotatable bonds is 6. The van der Waals surface area contributed by atoms with Crippen LogP contribution in [0.15, 0.2) is 48.5 Å². The van der Waals surface area contributed by atoms with E-state index in [1.807, 2.05) is 36.4 Å². The second-order valence-electron chi connectivity index (χ2n) is 8.15. The van der Waals surface area contributed by atoms with Crippen LogP contribution in [0.1, 0.15) is 60.2 Å². The number of aryl methyl sites for hydroxylation is 2. The van der Waals surface area contributed by atoms with Crippen LogP contribution in [0.3, 0.4) is 0 Å². The third-order valence-corrected chi connectivity index (χ3v) is 6.30. The molecule has 0 spiro atoms. The molecule has 152 valence electrons. The second kappa shape index (κ2) is 7.28. The number of Topliss-reactive ketones (excluding diaryl/α,β-unsaturated/α-hetero) is 2. The lowest BCUT2D eigenvalue weighted by molar-refractivity contribution is 0.0817. The van der Waals surface area contributed by atoms with E-state index in [4.69, 9.17) is 0 Å². The van der Waals surface area contributed by atoms with Crippen LogP contribution in [-0.4, -0.2) is 20.7 Å². The van der Waals surface area contributed by atoms with Gasteiger partial charge >= 0.3 is 0 Å². The maximum Gasteiger partial charge on any atom is 0.236 e. The molecule has 4 heteroatoms. The molecule has 0 saturated carbocycles. The molecule has 0 aliphatic heterocycles. The van der Waals surface area contributed by atoms with E-state index < -0.39 is 0 Å². The number of nitrogens with zero attached hydrogens (tertiary/aromatic N) is 2. The molecule has 0 radical (unpaired) electrons. The normalized spacial score (nSPS) is 13.3. The lowest BCUT2D eigenvalue weighted by Gasteiger charge is -2.19. The molecule has 2 aromatic heterocycles. The van der Waals surface area contributed by atoms with Gasteiger partial charge in [0.05, 0.1) is 22.5 Å². The second-order valence-corrected chi connectivity index (χ2v) is 8.15. The number of ketones is 2. The van der Waals surface area contributed by atoms with Gasteiger partial charge in [0.2, 0.25) is 11.6 Å². The van der Waals surface area contributed by atoms with Gasteiger partial charge < -0.3 is 9.13 Å². The van der Waals surface area contributed by atoms with Crippen molar-refractivity contribution < 1.29 is 9.59 Å². The van der Waals surface area contributed by atoms with E-state index in [1.165, 1.54) is 0 Å². The molecule has 0 N–H and O–H groups in total. The summed E-state index contributed by atoms with van der Waals surface area (Å²) >= 11 is 0. The van der Waals surface area contributed by atoms with Crippen molar-refractivity contribution in [3.05, 3.63) is 59.7 Å². The number of hydrogen-bond donors (Lipinski definition) is 0. The Morgan fingerprint density at radius 3 is 1.43 bits per heavy atom. The van der Waals surface area contributed by atoms with E-state index in [-0.39, 0.29) is 11.6 Å². The predicted molar refractivity (Wildman–Crippen MR) is 121 cm³/mol. The molecule has 0 atom stereocenters. The van der Waals surface area contributed by atoms with Crippen molar-refractivity contribution in [1.29, 1.82) is 0 Å². The number of fused-ring (bicyclic) bond motifs is 7. The van der Waals surface area contributed by atoms with Gasteiger partial charge in [-0.2, -0.15) is 0 Å². The first-order chi connectivity index (χ1) is 14.7. The SMILES string of the molecule is CCCCn1c2c(c3ccccc31)C(=O)C(=O)c1c-2n(CCCC)c2ccccc12. The maximum absolute atomic E-state index is 13.4. The number of para-hydroxylation sites is 2. The van der Waals surface area contributed by atoms with Gasteiger partial charge in [-0.05, 0) is 25.0 Å². The standard InChI is InChI=1S/C26H26N2O2/c1-3-5-15-27-19-13-9-7-11-17(19)21-23(27)24-22(26(30)25(21)29)18-12-8-10-14-20(18)28(24)16-6-4-2/h7-14H,3-6,15-16H2,1-2H3. The van der Waals surface area contributed by atoms with Gasteiger partial charge in [0, 0.05) is 34.9 Å². The molecular weight excluding hydrogens is 372 g/mol. The molecule has 1 aliphatic rings. The van der Waals surface area contributed by atoms with Crippen LogP contribution >= 0.6 is 0 Å². The summed E-state index contributed by atoms with van der Waals surface area (Å²) in [6.45, 7) is 6.03. The fourth-order valence-corrected chi connectivity index (χ4v) is 4.88. The summed E-state index contributed by atoms with van der Waals surface area (Å²) in [6.07, 6.45) is 4.19. The number of benzene rings is 2. The Morgan fingerprint density at radius 1 is 0.633 bits per heavy atom. The summed E-state index contributed by atoms with van der Waals surface area (Å²) in [4.78, 5) is 26.8. The van der Waals surface area contributed by atoms with Crippen LogP contribution in [-0.2, 0) is 13.1 Å². The lowest BCUT2D eigenvalue weighted by atomic mass is 9.89. The smallest absolute Gasteiger partial charge is 0.236 e. The first-order valence-corrected chi connectivity index (χ1v) is 11.0. The quantitative estimate of drug-likeness (QED) is 0.361. The number of unbranched alkanes of at least 4 members (excludes halogenated alkanes) is 2. The summed E-state index contributed by atoms with van der Waals surface area (Å²) in [5.74, 6) is -0.746. The molecule has 5 rings (SSSR count). The maximum atomic E-state index is 13.4. The monoisotopic (exact) mass is 398 g/mol. The van der Waals surface area contributed by atoms with Crippen molar-refractivity contribution in [2.24, 2.45) is 0 Å². The molecule has 1 aliphatic carbocycles. The minimum absolute atomic E-state index is 0.373. The Morgan fingerprint density at radius 2 is 1.03 bits per heavy atom. The number of carbonyl (C=O) groups is 2.